The predicted molar refractivity (Wildman–Crippen MR) is 113 cm³/mol. The molecule has 0 aliphatic carbocycles. The fraction of sp³-hybridized carbons (Fsp3) is 0.238. The third-order valence-corrected chi connectivity index (χ3v) is 4.98. The highest BCUT2D eigenvalue weighted by atomic mass is 35.5. The van der Waals surface area contributed by atoms with Gasteiger partial charge in [-0.2, -0.15) is 5.10 Å². The highest BCUT2D eigenvalue weighted by Gasteiger charge is 2.18. The number of allylic oxidation sites excluding steroid dienone is 4. The molecule has 4 nitrogen and oxygen atoms in total. The van der Waals surface area contributed by atoms with Crippen molar-refractivity contribution in [1.82, 2.24) is 14.6 Å². The van der Waals surface area contributed by atoms with Crippen molar-refractivity contribution in [1.29, 1.82) is 0 Å². The molecule has 0 saturated carbocycles. The van der Waals surface area contributed by atoms with Crippen LogP contribution in [0.1, 0.15) is 30.2 Å². The van der Waals surface area contributed by atoms with E-state index in [9.17, 15) is 0 Å². The molecule has 3 rings (SSSR count). The molecule has 0 unspecified atom stereocenters. The summed E-state index contributed by atoms with van der Waals surface area (Å²) in [7, 11) is 0. The van der Waals surface area contributed by atoms with Crippen LogP contribution in [0.3, 0.4) is 0 Å². The third-order valence-electron chi connectivity index (χ3n) is 4.43. The number of fused-ring (bicyclic) bond motifs is 1. The van der Waals surface area contributed by atoms with Crippen molar-refractivity contribution in [2.75, 3.05) is 0 Å². The van der Waals surface area contributed by atoms with Gasteiger partial charge in [0.15, 0.2) is 5.65 Å². The SMILES string of the molecule is C/C=C\C/C=C\Cc1cnn2c(-c3ccc(Cl)cc3Cl)c(CN)c(C)nc12. The van der Waals surface area contributed by atoms with Crippen molar-refractivity contribution >= 4 is 28.8 Å². The number of aryl methyl sites for hydroxylation is 1. The van der Waals surface area contributed by atoms with Gasteiger partial charge >= 0.3 is 0 Å². The second-order valence-corrected chi connectivity index (χ2v) is 7.08. The molecule has 2 N–H and O–H groups in total. The Morgan fingerprint density at radius 3 is 2.70 bits per heavy atom. The number of rotatable bonds is 6. The second-order valence-electron chi connectivity index (χ2n) is 6.24. The normalized spacial score (nSPS) is 12.0. The van der Waals surface area contributed by atoms with Gasteiger partial charge in [-0.25, -0.2) is 9.50 Å². The van der Waals surface area contributed by atoms with Gasteiger partial charge in [0.05, 0.1) is 16.9 Å². The summed E-state index contributed by atoms with van der Waals surface area (Å²) in [5.74, 6) is 0. The molecule has 0 spiro atoms. The van der Waals surface area contributed by atoms with Crippen LogP contribution in [0.15, 0.2) is 48.7 Å². The Kier molecular flexibility index (Phi) is 6.32. The molecule has 0 saturated heterocycles. The average molecular weight is 401 g/mol. The van der Waals surface area contributed by atoms with E-state index in [1.807, 2.05) is 42.8 Å². The molecule has 0 fully saturated rings. The van der Waals surface area contributed by atoms with E-state index in [2.05, 4.69) is 23.3 Å². The third kappa shape index (κ3) is 4.08. The number of halogens is 2. The lowest BCUT2D eigenvalue weighted by atomic mass is 10.0. The van der Waals surface area contributed by atoms with E-state index in [0.717, 1.165) is 46.6 Å². The highest BCUT2D eigenvalue weighted by molar-refractivity contribution is 6.36. The zero-order valence-corrected chi connectivity index (χ0v) is 16.9. The largest absolute Gasteiger partial charge is 0.326 e. The minimum absolute atomic E-state index is 0.349. The number of nitrogens with zero attached hydrogens (tertiary/aromatic N) is 3. The Labute approximate surface area is 169 Å². The maximum atomic E-state index is 6.48. The lowest BCUT2D eigenvalue weighted by molar-refractivity contribution is 0.895. The van der Waals surface area contributed by atoms with Crippen LogP contribution in [0, 0.1) is 6.92 Å². The smallest absolute Gasteiger partial charge is 0.159 e. The molecular formula is C21H22Cl2N4. The van der Waals surface area contributed by atoms with Crippen molar-refractivity contribution in [2.24, 2.45) is 5.73 Å². The van der Waals surface area contributed by atoms with Crippen LogP contribution in [0.25, 0.3) is 16.9 Å². The van der Waals surface area contributed by atoms with E-state index in [4.69, 9.17) is 33.9 Å². The Morgan fingerprint density at radius 2 is 2.00 bits per heavy atom. The van der Waals surface area contributed by atoms with E-state index < -0.39 is 0 Å². The zero-order chi connectivity index (χ0) is 19.4. The molecular weight excluding hydrogens is 379 g/mol. The van der Waals surface area contributed by atoms with Crippen LogP contribution >= 0.6 is 23.2 Å². The van der Waals surface area contributed by atoms with E-state index in [0.29, 0.717) is 16.6 Å². The first-order chi connectivity index (χ1) is 13.1. The monoisotopic (exact) mass is 400 g/mol. The second kappa shape index (κ2) is 8.70. The molecule has 27 heavy (non-hydrogen) atoms. The number of benzene rings is 1. The fourth-order valence-corrected chi connectivity index (χ4v) is 3.55. The van der Waals surface area contributed by atoms with Gasteiger partial charge in [-0.05, 0) is 44.9 Å². The van der Waals surface area contributed by atoms with Crippen LogP contribution in [0.5, 0.6) is 0 Å². The summed E-state index contributed by atoms with van der Waals surface area (Å²) in [6.45, 7) is 4.33. The van der Waals surface area contributed by atoms with Crippen molar-refractivity contribution in [2.45, 2.75) is 33.2 Å². The topological polar surface area (TPSA) is 56.2 Å². The molecule has 0 bridgehead atoms. The molecule has 2 heterocycles. The quantitative estimate of drug-likeness (QED) is 0.552. The van der Waals surface area contributed by atoms with Crippen molar-refractivity contribution < 1.29 is 0 Å². The number of nitrogens with two attached hydrogens (primary N) is 1. The van der Waals surface area contributed by atoms with Gasteiger partial charge in [-0.1, -0.05) is 47.5 Å². The first-order valence-electron chi connectivity index (χ1n) is 8.84. The van der Waals surface area contributed by atoms with Crippen molar-refractivity contribution in [3.63, 3.8) is 0 Å². The lowest BCUT2D eigenvalue weighted by Gasteiger charge is -2.14. The summed E-state index contributed by atoms with van der Waals surface area (Å²) in [6.07, 6.45) is 12.0. The van der Waals surface area contributed by atoms with Crippen LogP contribution in [0.4, 0.5) is 0 Å². The molecule has 3 aromatic rings. The van der Waals surface area contributed by atoms with E-state index >= 15 is 0 Å². The van der Waals surface area contributed by atoms with Crippen LogP contribution < -0.4 is 5.73 Å². The van der Waals surface area contributed by atoms with E-state index in [-0.39, 0.29) is 0 Å². The van der Waals surface area contributed by atoms with Gasteiger partial charge in [-0.15, -0.1) is 0 Å². The average Bonchev–Trinajstić information content (AvgIpc) is 3.03. The minimum Gasteiger partial charge on any atom is -0.326 e. The summed E-state index contributed by atoms with van der Waals surface area (Å²) in [6, 6.07) is 5.45. The Morgan fingerprint density at radius 1 is 1.19 bits per heavy atom. The standard InChI is InChI=1S/C21H22Cl2N4/c1-3-4-5-6-7-8-15-13-25-27-20(17-10-9-16(22)11-19(17)23)18(12-24)14(2)26-21(15)27/h3-4,6-7,9-11,13H,5,8,12,24H2,1-2H3/b4-3-,7-6-. The lowest BCUT2D eigenvalue weighted by Crippen LogP contribution is -2.10. The van der Waals surface area contributed by atoms with E-state index in [1.165, 1.54) is 0 Å². The molecule has 0 aliphatic rings. The zero-order valence-electron chi connectivity index (χ0n) is 15.4. The maximum Gasteiger partial charge on any atom is 0.159 e. The maximum absolute atomic E-state index is 6.48. The predicted octanol–water partition coefficient (Wildman–Crippen LogP) is 5.54. The summed E-state index contributed by atoms with van der Waals surface area (Å²) in [4.78, 5) is 4.76. The molecule has 0 aliphatic heterocycles. The summed E-state index contributed by atoms with van der Waals surface area (Å²) in [5.41, 5.74) is 11.4. The van der Waals surface area contributed by atoms with Crippen molar-refractivity contribution in [3.05, 3.63) is 75.6 Å². The van der Waals surface area contributed by atoms with Gasteiger partial charge in [0.25, 0.3) is 0 Å². The Hall–Kier alpha value is -2.14. The molecule has 2 aromatic heterocycles. The summed E-state index contributed by atoms with van der Waals surface area (Å²) >= 11 is 12.5. The molecule has 0 atom stereocenters. The minimum atomic E-state index is 0.349. The van der Waals surface area contributed by atoms with Gasteiger partial charge < -0.3 is 5.73 Å². The fourth-order valence-electron chi connectivity index (χ4n) is 3.05. The molecule has 6 heteroatoms. The van der Waals surface area contributed by atoms with Gasteiger partial charge in [-0.3, -0.25) is 0 Å². The first kappa shape index (κ1) is 19.6. The van der Waals surface area contributed by atoms with Crippen LogP contribution in [-0.4, -0.2) is 14.6 Å². The van der Waals surface area contributed by atoms with Gasteiger partial charge in [0, 0.05) is 34.0 Å². The van der Waals surface area contributed by atoms with E-state index in [1.54, 1.807) is 6.07 Å². The Balaban J connectivity index is 2.13. The molecule has 1 aromatic carbocycles. The summed E-state index contributed by atoms with van der Waals surface area (Å²) in [5, 5.41) is 5.74. The molecule has 140 valence electrons. The Bertz CT molecular complexity index is 1020. The van der Waals surface area contributed by atoms with Crippen molar-refractivity contribution in [3.8, 4) is 11.3 Å². The number of aromatic nitrogens is 3. The summed E-state index contributed by atoms with van der Waals surface area (Å²) < 4.78 is 1.83. The van der Waals surface area contributed by atoms with Gasteiger partial charge in [0.2, 0.25) is 0 Å². The van der Waals surface area contributed by atoms with Gasteiger partial charge in [0.1, 0.15) is 0 Å². The van der Waals surface area contributed by atoms with Crippen LogP contribution in [-0.2, 0) is 13.0 Å². The first-order valence-corrected chi connectivity index (χ1v) is 9.60. The number of hydrogen-bond donors (Lipinski definition) is 1. The van der Waals surface area contributed by atoms with Crippen LogP contribution in [0.2, 0.25) is 10.0 Å². The molecule has 0 amide bonds. The highest BCUT2D eigenvalue weighted by Crippen LogP contribution is 2.34. The molecule has 0 radical (unpaired) electrons. The number of hydrogen-bond acceptors (Lipinski definition) is 3.